The molecule has 1 heterocycles. The molecule has 0 unspecified atom stereocenters. The van der Waals surface area contributed by atoms with Crippen LogP contribution in [0.1, 0.15) is 106 Å². The smallest absolute Gasteiger partial charge is 0.341 e. The van der Waals surface area contributed by atoms with Crippen LogP contribution in [0, 0.1) is 6.92 Å². The molecular weight excluding hydrogens is 358 g/mol. The van der Waals surface area contributed by atoms with Crippen LogP contribution in [0.2, 0.25) is 0 Å². The van der Waals surface area contributed by atoms with Crippen LogP contribution in [0.5, 0.6) is 0 Å². The minimum Gasteiger partial charge on any atom is -0.462 e. The molecule has 0 saturated heterocycles. The molecule has 1 aromatic heterocycles. The third-order valence-electron chi connectivity index (χ3n) is 4.80. The zero-order valence-electron chi connectivity index (χ0n) is 17.6. The molecule has 1 rings (SSSR count). The number of amides is 1. The van der Waals surface area contributed by atoms with Gasteiger partial charge in [-0.25, -0.2) is 4.79 Å². The molecule has 27 heavy (non-hydrogen) atoms. The molecule has 0 spiro atoms. The number of thiophene rings is 1. The Hall–Kier alpha value is -1.36. The first-order chi connectivity index (χ1) is 13.0. The normalized spacial score (nSPS) is 10.8. The molecule has 0 saturated carbocycles. The van der Waals surface area contributed by atoms with Gasteiger partial charge in [-0.1, -0.05) is 65.2 Å². The number of aryl methyl sites for hydroxylation is 1. The molecular formula is C22H37NO3S. The monoisotopic (exact) mass is 395 g/mol. The van der Waals surface area contributed by atoms with E-state index in [9.17, 15) is 9.59 Å². The van der Waals surface area contributed by atoms with Crippen molar-refractivity contribution in [3.8, 4) is 0 Å². The van der Waals surface area contributed by atoms with Crippen molar-refractivity contribution in [1.29, 1.82) is 0 Å². The lowest BCUT2D eigenvalue weighted by atomic mass is 10.1. The van der Waals surface area contributed by atoms with E-state index in [0.29, 0.717) is 23.6 Å². The number of nitrogens with one attached hydrogen (secondary N) is 1. The molecule has 0 atom stereocenters. The summed E-state index contributed by atoms with van der Waals surface area (Å²) < 4.78 is 5.18. The van der Waals surface area contributed by atoms with Gasteiger partial charge in [0.1, 0.15) is 5.00 Å². The first-order valence-electron chi connectivity index (χ1n) is 10.6. The summed E-state index contributed by atoms with van der Waals surface area (Å²) in [5, 5.41) is 3.59. The average Bonchev–Trinajstić information content (AvgIpc) is 2.95. The van der Waals surface area contributed by atoms with Crippen molar-refractivity contribution in [1.82, 2.24) is 0 Å². The third-order valence-corrected chi connectivity index (χ3v) is 5.87. The second-order valence-corrected chi connectivity index (χ2v) is 8.27. The fourth-order valence-electron chi connectivity index (χ4n) is 3.30. The Balaban J connectivity index is 2.41. The number of unbranched alkanes of at least 4 members (excludes halogenated alkanes) is 8. The molecule has 0 radical (unpaired) electrons. The number of ether oxygens (including phenoxy) is 1. The third kappa shape index (κ3) is 8.46. The fourth-order valence-corrected chi connectivity index (χ4v) is 4.45. The summed E-state index contributed by atoms with van der Waals surface area (Å²) in [6.45, 7) is 8.38. The maximum atomic E-state index is 12.3. The second kappa shape index (κ2) is 13.8. The van der Waals surface area contributed by atoms with Gasteiger partial charge in [0, 0.05) is 11.3 Å². The molecule has 4 nitrogen and oxygen atoms in total. The maximum absolute atomic E-state index is 12.3. The summed E-state index contributed by atoms with van der Waals surface area (Å²) in [6.07, 6.45) is 12.4. The number of anilines is 1. The van der Waals surface area contributed by atoms with Crippen LogP contribution in [-0.4, -0.2) is 18.5 Å². The second-order valence-electron chi connectivity index (χ2n) is 7.04. The Morgan fingerprint density at radius 3 is 2.07 bits per heavy atom. The average molecular weight is 396 g/mol. The summed E-state index contributed by atoms with van der Waals surface area (Å²) >= 11 is 1.47. The van der Waals surface area contributed by atoms with Crippen LogP contribution in [0.3, 0.4) is 0 Å². The van der Waals surface area contributed by atoms with Crippen LogP contribution >= 0.6 is 11.3 Å². The van der Waals surface area contributed by atoms with Crippen LogP contribution in [0.15, 0.2) is 0 Å². The highest BCUT2D eigenvalue weighted by molar-refractivity contribution is 7.16. The molecule has 154 valence electrons. The Bertz CT molecular complexity index is 580. The number of rotatable bonds is 14. The minimum atomic E-state index is -0.336. The molecule has 1 aromatic rings. The summed E-state index contributed by atoms with van der Waals surface area (Å²) in [4.78, 5) is 25.7. The molecule has 0 fully saturated rings. The molecule has 0 aliphatic heterocycles. The van der Waals surface area contributed by atoms with Crippen molar-refractivity contribution in [2.75, 3.05) is 11.9 Å². The summed E-state index contributed by atoms with van der Waals surface area (Å²) in [5.41, 5.74) is 1.53. The maximum Gasteiger partial charge on any atom is 0.341 e. The summed E-state index contributed by atoms with van der Waals surface area (Å²) in [6, 6.07) is 0. The molecule has 5 heteroatoms. The van der Waals surface area contributed by atoms with E-state index in [0.717, 1.165) is 29.7 Å². The zero-order valence-corrected chi connectivity index (χ0v) is 18.4. The van der Waals surface area contributed by atoms with Crippen LogP contribution in [0.25, 0.3) is 0 Å². The molecule has 1 N–H and O–H groups in total. The van der Waals surface area contributed by atoms with Crippen molar-refractivity contribution in [2.24, 2.45) is 0 Å². The molecule has 0 aliphatic carbocycles. The first kappa shape index (κ1) is 23.7. The number of carbonyl (C=O) groups excluding carboxylic acids is 2. The predicted molar refractivity (Wildman–Crippen MR) is 115 cm³/mol. The van der Waals surface area contributed by atoms with Gasteiger partial charge in [-0.3, -0.25) is 4.79 Å². The molecule has 0 aromatic carbocycles. The standard InChI is InChI=1S/C22H37NO3S/c1-5-8-9-10-11-12-13-14-15-16-19(24)23-21-20(22(25)26-7-3)18(6-2)17(4)27-21/h5-16H2,1-4H3,(H,23,24). The van der Waals surface area contributed by atoms with Gasteiger partial charge >= 0.3 is 5.97 Å². The van der Waals surface area contributed by atoms with Gasteiger partial charge in [0.05, 0.1) is 12.2 Å². The highest BCUT2D eigenvalue weighted by Crippen LogP contribution is 2.34. The van der Waals surface area contributed by atoms with Gasteiger partial charge < -0.3 is 10.1 Å². The van der Waals surface area contributed by atoms with Crippen molar-refractivity contribution in [3.63, 3.8) is 0 Å². The first-order valence-corrected chi connectivity index (χ1v) is 11.5. The van der Waals surface area contributed by atoms with Crippen molar-refractivity contribution < 1.29 is 14.3 Å². The van der Waals surface area contributed by atoms with E-state index in [-0.39, 0.29) is 11.9 Å². The Morgan fingerprint density at radius 1 is 0.926 bits per heavy atom. The van der Waals surface area contributed by atoms with E-state index in [1.807, 2.05) is 13.8 Å². The Morgan fingerprint density at radius 2 is 1.52 bits per heavy atom. The van der Waals surface area contributed by atoms with Gasteiger partial charge in [-0.05, 0) is 32.3 Å². The lowest BCUT2D eigenvalue weighted by Gasteiger charge is -2.08. The Labute approximate surface area is 169 Å². The van der Waals surface area contributed by atoms with E-state index in [1.54, 1.807) is 6.92 Å². The number of hydrogen-bond donors (Lipinski definition) is 1. The predicted octanol–water partition coefficient (Wildman–Crippen LogP) is 6.66. The number of esters is 1. The van der Waals surface area contributed by atoms with Gasteiger partial charge in [-0.2, -0.15) is 0 Å². The zero-order chi connectivity index (χ0) is 20.1. The SMILES string of the molecule is CCCCCCCCCCCC(=O)Nc1sc(C)c(CC)c1C(=O)OCC. The topological polar surface area (TPSA) is 55.4 Å². The van der Waals surface area contributed by atoms with Crippen LogP contribution in [-0.2, 0) is 16.0 Å². The Kier molecular flexibility index (Phi) is 12.1. The van der Waals surface area contributed by atoms with E-state index in [2.05, 4.69) is 12.2 Å². The molecule has 0 bridgehead atoms. The molecule has 1 amide bonds. The highest BCUT2D eigenvalue weighted by atomic mass is 32.1. The molecule has 0 aliphatic rings. The lowest BCUT2D eigenvalue weighted by Crippen LogP contribution is -2.14. The van der Waals surface area contributed by atoms with Gasteiger partial charge in [0.25, 0.3) is 0 Å². The fraction of sp³-hybridized carbons (Fsp3) is 0.727. The summed E-state index contributed by atoms with van der Waals surface area (Å²) in [5.74, 6) is -0.343. The van der Waals surface area contributed by atoms with E-state index in [4.69, 9.17) is 4.74 Å². The van der Waals surface area contributed by atoms with E-state index >= 15 is 0 Å². The van der Waals surface area contributed by atoms with Crippen molar-refractivity contribution >= 4 is 28.2 Å². The quantitative estimate of drug-likeness (QED) is 0.283. The summed E-state index contributed by atoms with van der Waals surface area (Å²) in [7, 11) is 0. The lowest BCUT2D eigenvalue weighted by molar-refractivity contribution is -0.116. The van der Waals surface area contributed by atoms with E-state index in [1.165, 1.54) is 56.3 Å². The van der Waals surface area contributed by atoms with Gasteiger partial charge in [0.2, 0.25) is 5.91 Å². The van der Waals surface area contributed by atoms with Crippen LogP contribution < -0.4 is 5.32 Å². The van der Waals surface area contributed by atoms with E-state index < -0.39 is 0 Å². The minimum absolute atomic E-state index is 0.00704. The largest absolute Gasteiger partial charge is 0.462 e. The highest BCUT2D eigenvalue weighted by Gasteiger charge is 2.23. The van der Waals surface area contributed by atoms with Crippen molar-refractivity contribution in [2.45, 2.75) is 98.3 Å². The number of hydrogen-bond acceptors (Lipinski definition) is 4. The van der Waals surface area contributed by atoms with Crippen LogP contribution in [0.4, 0.5) is 5.00 Å². The number of carbonyl (C=O) groups is 2. The van der Waals surface area contributed by atoms with Gasteiger partial charge in [0.15, 0.2) is 0 Å². The van der Waals surface area contributed by atoms with Crippen molar-refractivity contribution in [3.05, 3.63) is 16.0 Å². The van der Waals surface area contributed by atoms with Gasteiger partial charge in [-0.15, -0.1) is 11.3 Å².